The summed E-state index contributed by atoms with van der Waals surface area (Å²) in [5.41, 5.74) is 2.13. The van der Waals surface area contributed by atoms with E-state index in [-0.39, 0.29) is 11.5 Å². The van der Waals surface area contributed by atoms with Gasteiger partial charge in [-0.1, -0.05) is 25.1 Å². The number of rotatable bonds is 4. The summed E-state index contributed by atoms with van der Waals surface area (Å²) in [6.07, 6.45) is 3.92. The molecular formula is C27H29N5O2S. The van der Waals surface area contributed by atoms with Crippen LogP contribution in [-0.4, -0.2) is 51.9 Å². The topological polar surface area (TPSA) is 82.2 Å². The zero-order valence-electron chi connectivity index (χ0n) is 19.9. The minimum atomic E-state index is -0.0546. The third kappa shape index (κ3) is 4.31. The zero-order chi connectivity index (χ0) is 23.9. The van der Waals surface area contributed by atoms with Gasteiger partial charge in [0, 0.05) is 49.3 Å². The van der Waals surface area contributed by atoms with Gasteiger partial charge in [-0.25, -0.2) is 9.97 Å². The molecule has 7 nitrogen and oxygen atoms in total. The van der Waals surface area contributed by atoms with Crippen molar-refractivity contribution in [1.29, 1.82) is 0 Å². The Bertz CT molecular complexity index is 1470. The standard InChI is InChI=1S/C27H29N5O2S/c1-17-6-8-19-21(16-17)35-27-25(19)26(34)29-22(30-27)9-11-24(33)32-14-12-31(13-15-32)23-10-7-18-4-2-3-5-20(18)28-23/h2-5,7,10,17H,6,8-9,11-16H2,1H3,(H,29,30,34). The molecule has 4 heterocycles. The Hall–Kier alpha value is -3.26. The number of nitrogens with zero attached hydrogens (tertiary/aromatic N) is 4. The molecule has 0 radical (unpaired) electrons. The Kier molecular flexibility index (Phi) is 5.76. The van der Waals surface area contributed by atoms with E-state index in [1.54, 1.807) is 11.3 Å². The zero-order valence-corrected chi connectivity index (χ0v) is 20.7. The Morgan fingerprint density at radius 2 is 1.94 bits per heavy atom. The number of hydrogen-bond acceptors (Lipinski definition) is 6. The number of nitrogens with one attached hydrogen (secondary N) is 1. The Morgan fingerprint density at radius 1 is 1.11 bits per heavy atom. The number of benzene rings is 1. The predicted octanol–water partition coefficient (Wildman–Crippen LogP) is 3.94. The third-order valence-electron chi connectivity index (χ3n) is 7.33. The molecule has 3 aromatic heterocycles. The number of para-hydroxylation sites is 1. The SMILES string of the molecule is CC1CCc2c(sc3nc(CCC(=O)N4CCN(c5ccc6ccccc6n5)CC4)[nH]c(=O)c23)C1. The number of fused-ring (bicyclic) bond motifs is 4. The molecule has 1 aliphatic carbocycles. The second-order valence-electron chi connectivity index (χ2n) is 9.77. The first-order valence-corrected chi connectivity index (χ1v) is 13.3. The molecule has 1 N–H and O–H groups in total. The van der Waals surface area contributed by atoms with Gasteiger partial charge in [0.25, 0.3) is 5.56 Å². The molecule has 0 spiro atoms. The van der Waals surface area contributed by atoms with E-state index in [4.69, 9.17) is 9.97 Å². The van der Waals surface area contributed by atoms with Crippen molar-refractivity contribution >= 4 is 44.2 Å². The number of carbonyl (C=O) groups excluding carboxylic acids is 1. The van der Waals surface area contributed by atoms with Gasteiger partial charge in [-0.2, -0.15) is 0 Å². The fraction of sp³-hybridized carbons (Fsp3) is 0.407. The van der Waals surface area contributed by atoms with Crippen LogP contribution >= 0.6 is 11.3 Å². The van der Waals surface area contributed by atoms with Gasteiger partial charge in [0.2, 0.25) is 5.91 Å². The average Bonchev–Trinajstić information content (AvgIpc) is 3.25. The lowest BCUT2D eigenvalue weighted by atomic mass is 9.89. The molecule has 1 atom stereocenters. The van der Waals surface area contributed by atoms with Crippen LogP contribution in [0, 0.1) is 5.92 Å². The van der Waals surface area contributed by atoms with Crippen molar-refractivity contribution in [3.05, 3.63) is 63.0 Å². The molecule has 35 heavy (non-hydrogen) atoms. The van der Waals surface area contributed by atoms with Gasteiger partial charge in [-0.15, -0.1) is 11.3 Å². The normalized spacial score (nSPS) is 18.3. The summed E-state index contributed by atoms with van der Waals surface area (Å²) in [6.45, 7) is 5.13. The van der Waals surface area contributed by atoms with Gasteiger partial charge in [0.15, 0.2) is 0 Å². The van der Waals surface area contributed by atoms with Crippen LogP contribution in [-0.2, 0) is 24.1 Å². The van der Waals surface area contributed by atoms with E-state index in [1.807, 2.05) is 23.1 Å². The number of aryl methyl sites for hydroxylation is 2. The van der Waals surface area contributed by atoms with Crippen molar-refractivity contribution in [3.8, 4) is 0 Å². The van der Waals surface area contributed by atoms with Crippen LogP contribution in [0.15, 0.2) is 41.2 Å². The van der Waals surface area contributed by atoms with Crippen LogP contribution in [0.25, 0.3) is 21.1 Å². The molecule has 4 aromatic rings. The molecule has 1 unspecified atom stereocenters. The number of aromatic nitrogens is 3. The van der Waals surface area contributed by atoms with E-state index < -0.39 is 0 Å². The largest absolute Gasteiger partial charge is 0.353 e. The molecule has 1 fully saturated rings. The maximum atomic E-state index is 12.9. The first-order chi connectivity index (χ1) is 17.0. The monoisotopic (exact) mass is 487 g/mol. The molecule has 2 aliphatic rings. The first-order valence-electron chi connectivity index (χ1n) is 12.5. The number of thiophene rings is 1. The Morgan fingerprint density at radius 3 is 2.80 bits per heavy atom. The second kappa shape index (κ2) is 9.07. The number of carbonyl (C=O) groups is 1. The smallest absolute Gasteiger partial charge is 0.259 e. The Labute approximate surface area is 207 Å². The van der Waals surface area contributed by atoms with Crippen LogP contribution in [0.5, 0.6) is 0 Å². The van der Waals surface area contributed by atoms with Crippen molar-refractivity contribution in [2.75, 3.05) is 31.1 Å². The summed E-state index contributed by atoms with van der Waals surface area (Å²) in [5, 5.41) is 1.90. The van der Waals surface area contributed by atoms with E-state index in [0.29, 0.717) is 37.7 Å². The highest BCUT2D eigenvalue weighted by Crippen LogP contribution is 2.35. The predicted molar refractivity (Wildman–Crippen MR) is 140 cm³/mol. The van der Waals surface area contributed by atoms with Crippen LogP contribution < -0.4 is 10.5 Å². The lowest BCUT2D eigenvalue weighted by Gasteiger charge is -2.35. The van der Waals surface area contributed by atoms with Crippen LogP contribution in [0.1, 0.15) is 36.0 Å². The van der Waals surface area contributed by atoms with E-state index in [1.165, 1.54) is 10.4 Å². The lowest BCUT2D eigenvalue weighted by Crippen LogP contribution is -2.49. The maximum absolute atomic E-state index is 12.9. The Balaban J connectivity index is 1.08. The highest BCUT2D eigenvalue weighted by atomic mass is 32.1. The van der Waals surface area contributed by atoms with E-state index in [9.17, 15) is 9.59 Å². The summed E-state index contributed by atoms with van der Waals surface area (Å²) >= 11 is 1.65. The molecule has 1 aromatic carbocycles. The van der Waals surface area contributed by atoms with Gasteiger partial charge in [-0.05, 0) is 48.9 Å². The van der Waals surface area contributed by atoms with Crippen molar-refractivity contribution in [2.24, 2.45) is 5.92 Å². The van der Waals surface area contributed by atoms with Crippen molar-refractivity contribution in [1.82, 2.24) is 19.9 Å². The minimum Gasteiger partial charge on any atom is -0.353 e. The molecular weight excluding hydrogens is 458 g/mol. The number of aromatic amines is 1. The molecule has 0 saturated carbocycles. The first kappa shape index (κ1) is 22.2. The minimum absolute atomic E-state index is 0.0546. The molecule has 1 saturated heterocycles. The van der Waals surface area contributed by atoms with Gasteiger partial charge in [0.05, 0.1) is 10.9 Å². The third-order valence-corrected chi connectivity index (χ3v) is 8.48. The molecule has 0 bridgehead atoms. The molecule has 8 heteroatoms. The van der Waals surface area contributed by atoms with Crippen molar-refractivity contribution in [3.63, 3.8) is 0 Å². The van der Waals surface area contributed by atoms with E-state index in [0.717, 1.165) is 59.3 Å². The van der Waals surface area contributed by atoms with Crippen LogP contribution in [0.2, 0.25) is 0 Å². The molecule has 6 rings (SSSR count). The fourth-order valence-electron chi connectivity index (χ4n) is 5.31. The molecule has 180 valence electrons. The van der Waals surface area contributed by atoms with Crippen molar-refractivity contribution < 1.29 is 4.79 Å². The molecule has 1 aliphatic heterocycles. The average molecular weight is 488 g/mol. The number of amides is 1. The lowest BCUT2D eigenvalue weighted by molar-refractivity contribution is -0.131. The van der Waals surface area contributed by atoms with Gasteiger partial charge >= 0.3 is 0 Å². The highest BCUT2D eigenvalue weighted by molar-refractivity contribution is 7.18. The quantitative estimate of drug-likeness (QED) is 0.472. The van der Waals surface area contributed by atoms with E-state index >= 15 is 0 Å². The number of piperazine rings is 1. The number of pyridine rings is 1. The van der Waals surface area contributed by atoms with Gasteiger partial charge in [0.1, 0.15) is 16.5 Å². The van der Waals surface area contributed by atoms with Gasteiger partial charge < -0.3 is 14.8 Å². The molecule has 1 amide bonds. The van der Waals surface area contributed by atoms with Crippen LogP contribution in [0.3, 0.4) is 0 Å². The summed E-state index contributed by atoms with van der Waals surface area (Å²) in [4.78, 5) is 44.5. The second-order valence-corrected chi connectivity index (χ2v) is 10.9. The highest BCUT2D eigenvalue weighted by Gasteiger charge is 2.24. The maximum Gasteiger partial charge on any atom is 0.259 e. The summed E-state index contributed by atoms with van der Waals surface area (Å²) in [5.74, 6) is 2.34. The van der Waals surface area contributed by atoms with Crippen LogP contribution in [0.4, 0.5) is 5.82 Å². The van der Waals surface area contributed by atoms with Gasteiger partial charge in [-0.3, -0.25) is 9.59 Å². The summed E-state index contributed by atoms with van der Waals surface area (Å²) in [7, 11) is 0. The van der Waals surface area contributed by atoms with E-state index in [2.05, 4.69) is 35.0 Å². The number of hydrogen-bond donors (Lipinski definition) is 1. The number of anilines is 1. The summed E-state index contributed by atoms with van der Waals surface area (Å²) < 4.78 is 0. The van der Waals surface area contributed by atoms with Crippen molar-refractivity contribution in [2.45, 2.75) is 39.0 Å². The number of H-pyrrole nitrogens is 1. The summed E-state index contributed by atoms with van der Waals surface area (Å²) in [6, 6.07) is 12.3. The fourth-order valence-corrected chi connectivity index (χ4v) is 6.71.